The standard InChI is InChI=1S/C10H14FN3O/c1-14(10(15)13-7-6-12)9-5-3-2-4-8(9)11/h2-5H,6-7,12H2,1H3,(H,13,15). The highest BCUT2D eigenvalue weighted by Crippen LogP contribution is 2.16. The number of carbonyl (C=O) groups is 1. The second-order valence-corrected chi connectivity index (χ2v) is 3.03. The van der Waals surface area contributed by atoms with Gasteiger partial charge in [-0.3, -0.25) is 4.90 Å². The van der Waals surface area contributed by atoms with E-state index in [0.29, 0.717) is 13.1 Å². The number of nitrogens with two attached hydrogens (primary N) is 1. The number of nitrogens with one attached hydrogen (secondary N) is 1. The summed E-state index contributed by atoms with van der Waals surface area (Å²) in [7, 11) is 1.50. The summed E-state index contributed by atoms with van der Waals surface area (Å²) < 4.78 is 13.3. The van der Waals surface area contributed by atoms with Crippen molar-refractivity contribution in [3.63, 3.8) is 0 Å². The molecule has 0 bridgehead atoms. The minimum absolute atomic E-state index is 0.243. The highest BCUT2D eigenvalue weighted by atomic mass is 19.1. The molecule has 0 aliphatic heterocycles. The van der Waals surface area contributed by atoms with Crippen LogP contribution in [0.5, 0.6) is 0 Å². The molecule has 4 nitrogen and oxygen atoms in total. The number of halogens is 1. The van der Waals surface area contributed by atoms with Crippen molar-refractivity contribution in [3.05, 3.63) is 30.1 Å². The molecule has 0 spiro atoms. The minimum atomic E-state index is -0.428. The van der Waals surface area contributed by atoms with Crippen LogP contribution < -0.4 is 16.0 Å². The van der Waals surface area contributed by atoms with Gasteiger partial charge in [0.25, 0.3) is 0 Å². The monoisotopic (exact) mass is 211 g/mol. The smallest absolute Gasteiger partial charge is 0.321 e. The van der Waals surface area contributed by atoms with Gasteiger partial charge in [0.1, 0.15) is 5.82 Å². The number of hydrogen-bond donors (Lipinski definition) is 2. The Labute approximate surface area is 87.9 Å². The Hall–Kier alpha value is -1.62. The Morgan fingerprint density at radius 1 is 1.53 bits per heavy atom. The molecule has 3 N–H and O–H groups in total. The zero-order valence-electron chi connectivity index (χ0n) is 8.53. The van der Waals surface area contributed by atoms with E-state index in [2.05, 4.69) is 5.32 Å². The number of nitrogens with zero attached hydrogens (tertiary/aromatic N) is 1. The topological polar surface area (TPSA) is 58.4 Å². The van der Waals surface area contributed by atoms with Crippen LogP contribution in [0.15, 0.2) is 24.3 Å². The van der Waals surface area contributed by atoms with Crippen LogP contribution in [0.3, 0.4) is 0 Å². The molecule has 15 heavy (non-hydrogen) atoms. The summed E-state index contributed by atoms with van der Waals surface area (Å²) in [5.74, 6) is -0.428. The van der Waals surface area contributed by atoms with Crippen LogP contribution in [0.4, 0.5) is 14.9 Å². The molecule has 0 aliphatic carbocycles. The maximum atomic E-state index is 13.3. The molecule has 0 radical (unpaired) electrons. The molecular weight excluding hydrogens is 197 g/mol. The Morgan fingerprint density at radius 2 is 2.20 bits per heavy atom. The number of anilines is 1. The number of carbonyl (C=O) groups excluding carboxylic acids is 1. The normalized spacial score (nSPS) is 9.80. The quantitative estimate of drug-likeness (QED) is 0.781. The lowest BCUT2D eigenvalue weighted by Crippen LogP contribution is -2.39. The molecule has 5 heteroatoms. The Morgan fingerprint density at radius 3 is 2.80 bits per heavy atom. The maximum absolute atomic E-state index is 13.3. The summed E-state index contributed by atoms with van der Waals surface area (Å²) in [5, 5.41) is 2.55. The largest absolute Gasteiger partial charge is 0.336 e. The zero-order valence-corrected chi connectivity index (χ0v) is 8.53. The van der Waals surface area contributed by atoms with Crippen LogP contribution in [-0.2, 0) is 0 Å². The van der Waals surface area contributed by atoms with Gasteiger partial charge in [0, 0.05) is 20.1 Å². The Bertz CT molecular complexity index is 343. The third kappa shape index (κ3) is 2.92. The van der Waals surface area contributed by atoms with Crippen LogP contribution in [0.25, 0.3) is 0 Å². The third-order valence-corrected chi connectivity index (χ3v) is 1.94. The molecule has 0 atom stereocenters. The van der Waals surface area contributed by atoms with Gasteiger partial charge in [-0.15, -0.1) is 0 Å². The molecule has 0 fully saturated rings. The lowest BCUT2D eigenvalue weighted by Gasteiger charge is -2.18. The first-order valence-electron chi connectivity index (χ1n) is 4.63. The van der Waals surface area contributed by atoms with E-state index in [1.54, 1.807) is 12.1 Å². The van der Waals surface area contributed by atoms with Crippen LogP contribution in [0.2, 0.25) is 0 Å². The average molecular weight is 211 g/mol. The number of benzene rings is 1. The van der Waals surface area contributed by atoms with E-state index in [4.69, 9.17) is 5.73 Å². The summed E-state index contributed by atoms with van der Waals surface area (Å²) in [4.78, 5) is 12.7. The second kappa shape index (κ2) is 5.31. The Balaban J connectivity index is 2.72. The van der Waals surface area contributed by atoms with Crippen LogP contribution in [0, 0.1) is 5.82 Å². The molecule has 0 saturated heterocycles. The molecule has 82 valence electrons. The van der Waals surface area contributed by atoms with Gasteiger partial charge >= 0.3 is 6.03 Å². The lowest BCUT2D eigenvalue weighted by molar-refractivity contribution is 0.247. The molecular formula is C10H14FN3O. The molecule has 1 aromatic rings. The fraction of sp³-hybridized carbons (Fsp3) is 0.300. The molecule has 0 unspecified atom stereocenters. The van der Waals surface area contributed by atoms with E-state index < -0.39 is 5.82 Å². The second-order valence-electron chi connectivity index (χ2n) is 3.03. The molecule has 0 aliphatic rings. The van der Waals surface area contributed by atoms with E-state index >= 15 is 0 Å². The molecule has 2 amide bonds. The number of para-hydroxylation sites is 1. The molecule has 0 heterocycles. The maximum Gasteiger partial charge on any atom is 0.321 e. The average Bonchev–Trinajstić information content (AvgIpc) is 2.25. The van der Waals surface area contributed by atoms with Crippen molar-refractivity contribution in [2.75, 3.05) is 25.0 Å². The predicted octanol–water partition coefficient (Wildman–Crippen LogP) is 0.930. The van der Waals surface area contributed by atoms with E-state index in [-0.39, 0.29) is 11.7 Å². The first-order chi connectivity index (χ1) is 7.16. The Kier molecular flexibility index (Phi) is 4.05. The van der Waals surface area contributed by atoms with E-state index in [1.165, 1.54) is 24.1 Å². The van der Waals surface area contributed by atoms with E-state index in [9.17, 15) is 9.18 Å². The molecule has 1 aromatic carbocycles. The van der Waals surface area contributed by atoms with Crippen molar-refractivity contribution in [2.45, 2.75) is 0 Å². The van der Waals surface area contributed by atoms with Gasteiger partial charge in [-0.2, -0.15) is 0 Å². The van der Waals surface area contributed by atoms with Gasteiger partial charge in [0.05, 0.1) is 5.69 Å². The van der Waals surface area contributed by atoms with Crippen molar-refractivity contribution >= 4 is 11.7 Å². The predicted molar refractivity (Wildman–Crippen MR) is 57.3 cm³/mol. The van der Waals surface area contributed by atoms with Crippen LogP contribution >= 0.6 is 0 Å². The van der Waals surface area contributed by atoms with Crippen molar-refractivity contribution in [2.24, 2.45) is 5.73 Å². The van der Waals surface area contributed by atoms with Crippen molar-refractivity contribution in [1.29, 1.82) is 0 Å². The fourth-order valence-corrected chi connectivity index (χ4v) is 1.13. The highest BCUT2D eigenvalue weighted by molar-refractivity contribution is 5.91. The summed E-state index contributed by atoms with van der Waals surface area (Å²) in [6.07, 6.45) is 0. The summed E-state index contributed by atoms with van der Waals surface area (Å²) in [6.45, 7) is 0.731. The molecule has 1 rings (SSSR count). The van der Waals surface area contributed by atoms with Gasteiger partial charge in [-0.25, -0.2) is 9.18 Å². The fourth-order valence-electron chi connectivity index (χ4n) is 1.13. The van der Waals surface area contributed by atoms with Crippen molar-refractivity contribution in [1.82, 2.24) is 5.32 Å². The first kappa shape index (κ1) is 11.5. The number of urea groups is 1. The van der Waals surface area contributed by atoms with E-state index in [1.807, 2.05) is 0 Å². The summed E-state index contributed by atoms with van der Waals surface area (Å²) >= 11 is 0. The first-order valence-corrected chi connectivity index (χ1v) is 4.63. The minimum Gasteiger partial charge on any atom is -0.336 e. The lowest BCUT2D eigenvalue weighted by atomic mass is 10.3. The summed E-state index contributed by atoms with van der Waals surface area (Å²) in [5.41, 5.74) is 5.48. The van der Waals surface area contributed by atoms with E-state index in [0.717, 1.165) is 0 Å². The van der Waals surface area contributed by atoms with Gasteiger partial charge in [-0.05, 0) is 12.1 Å². The molecule has 0 aromatic heterocycles. The number of hydrogen-bond acceptors (Lipinski definition) is 2. The zero-order chi connectivity index (χ0) is 11.3. The van der Waals surface area contributed by atoms with Gasteiger partial charge in [0.2, 0.25) is 0 Å². The highest BCUT2D eigenvalue weighted by Gasteiger charge is 2.12. The van der Waals surface area contributed by atoms with Gasteiger partial charge < -0.3 is 11.1 Å². The van der Waals surface area contributed by atoms with Crippen LogP contribution in [0.1, 0.15) is 0 Å². The van der Waals surface area contributed by atoms with Crippen LogP contribution in [-0.4, -0.2) is 26.2 Å². The number of rotatable bonds is 3. The van der Waals surface area contributed by atoms with Gasteiger partial charge in [-0.1, -0.05) is 12.1 Å². The van der Waals surface area contributed by atoms with Crippen molar-refractivity contribution in [3.8, 4) is 0 Å². The number of amides is 2. The van der Waals surface area contributed by atoms with Gasteiger partial charge in [0.15, 0.2) is 0 Å². The molecule has 0 saturated carbocycles. The third-order valence-electron chi connectivity index (χ3n) is 1.94. The summed E-state index contributed by atoms with van der Waals surface area (Å²) in [6, 6.07) is 5.72. The SMILES string of the molecule is CN(C(=O)NCCN)c1ccccc1F. The van der Waals surface area contributed by atoms with Crippen molar-refractivity contribution < 1.29 is 9.18 Å².